The summed E-state index contributed by atoms with van der Waals surface area (Å²) in [5, 5.41) is 3.41. The summed E-state index contributed by atoms with van der Waals surface area (Å²) in [5.74, 6) is -1.68. The zero-order chi connectivity index (χ0) is 10.6. The third kappa shape index (κ3) is 3.44. The molecule has 0 bridgehead atoms. The van der Waals surface area contributed by atoms with Gasteiger partial charge in [0.2, 0.25) is 0 Å². The molecule has 0 unspecified atom stereocenters. The molecule has 0 spiro atoms. The van der Waals surface area contributed by atoms with Gasteiger partial charge in [0, 0.05) is 18.1 Å². The van der Waals surface area contributed by atoms with E-state index >= 15 is 0 Å². The summed E-state index contributed by atoms with van der Waals surface area (Å²) in [6.45, 7) is 4.37. The van der Waals surface area contributed by atoms with E-state index in [2.05, 4.69) is 11.9 Å². The number of nitrogens with one attached hydrogen (secondary N) is 1. The standard InChI is InChI=1S/C10H10ClF2N/c1-7(11)5-14-6-8-2-3-9(12)10(13)4-8/h2-4,14H,1,5-6H2. The van der Waals surface area contributed by atoms with E-state index in [9.17, 15) is 8.78 Å². The molecule has 1 aromatic carbocycles. The van der Waals surface area contributed by atoms with Crippen LogP contribution in [0, 0.1) is 11.6 Å². The van der Waals surface area contributed by atoms with Crippen molar-refractivity contribution in [3.63, 3.8) is 0 Å². The molecule has 1 rings (SSSR count). The van der Waals surface area contributed by atoms with Crippen LogP contribution >= 0.6 is 11.6 Å². The minimum Gasteiger partial charge on any atom is -0.308 e. The van der Waals surface area contributed by atoms with Crippen molar-refractivity contribution in [3.8, 4) is 0 Å². The molecule has 0 radical (unpaired) electrons. The van der Waals surface area contributed by atoms with Crippen molar-refractivity contribution < 1.29 is 8.78 Å². The highest BCUT2D eigenvalue weighted by Gasteiger charge is 2.01. The Bertz CT molecular complexity index is 339. The lowest BCUT2D eigenvalue weighted by molar-refractivity contribution is 0.506. The molecule has 0 saturated heterocycles. The molecule has 0 aliphatic heterocycles. The molecule has 14 heavy (non-hydrogen) atoms. The Morgan fingerprint density at radius 1 is 1.36 bits per heavy atom. The zero-order valence-electron chi connectivity index (χ0n) is 7.49. The molecular weight excluding hydrogens is 208 g/mol. The first-order valence-corrected chi connectivity index (χ1v) is 4.45. The van der Waals surface area contributed by atoms with E-state index in [1.165, 1.54) is 6.07 Å². The molecule has 0 saturated carbocycles. The molecule has 1 aromatic rings. The summed E-state index contributed by atoms with van der Waals surface area (Å²) in [6.07, 6.45) is 0. The van der Waals surface area contributed by atoms with Crippen molar-refractivity contribution >= 4 is 11.6 Å². The number of halogens is 3. The quantitative estimate of drug-likeness (QED) is 0.818. The molecule has 0 amide bonds. The summed E-state index contributed by atoms with van der Waals surface area (Å²) in [5.41, 5.74) is 0.668. The van der Waals surface area contributed by atoms with Gasteiger partial charge in [-0.05, 0) is 17.7 Å². The van der Waals surface area contributed by atoms with Crippen molar-refractivity contribution in [1.82, 2.24) is 5.32 Å². The van der Waals surface area contributed by atoms with Crippen molar-refractivity contribution in [1.29, 1.82) is 0 Å². The maximum Gasteiger partial charge on any atom is 0.159 e. The number of rotatable bonds is 4. The molecular formula is C10H10ClF2N. The first-order valence-electron chi connectivity index (χ1n) is 4.07. The lowest BCUT2D eigenvalue weighted by Crippen LogP contribution is -2.14. The molecule has 0 atom stereocenters. The second-order valence-corrected chi connectivity index (χ2v) is 3.40. The largest absolute Gasteiger partial charge is 0.308 e. The Morgan fingerprint density at radius 3 is 2.64 bits per heavy atom. The Hall–Kier alpha value is -0.930. The SMILES string of the molecule is C=C(Cl)CNCc1ccc(F)c(F)c1. The molecule has 0 fully saturated rings. The van der Waals surface area contributed by atoms with E-state index in [4.69, 9.17) is 11.6 Å². The normalized spacial score (nSPS) is 10.2. The van der Waals surface area contributed by atoms with Crippen LogP contribution in [0.5, 0.6) is 0 Å². The van der Waals surface area contributed by atoms with Crippen molar-refractivity contribution in [2.45, 2.75) is 6.54 Å². The van der Waals surface area contributed by atoms with Gasteiger partial charge in [-0.25, -0.2) is 8.78 Å². The molecule has 0 heterocycles. The second-order valence-electron chi connectivity index (χ2n) is 2.87. The Balaban J connectivity index is 2.51. The maximum absolute atomic E-state index is 12.7. The van der Waals surface area contributed by atoms with E-state index in [-0.39, 0.29) is 0 Å². The summed E-state index contributed by atoms with van der Waals surface area (Å²) >= 11 is 5.51. The van der Waals surface area contributed by atoms with Gasteiger partial charge in [-0.3, -0.25) is 0 Å². The van der Waals surface area contributed by atoms with Crippen LogP contribution in [0.2, 0.25) is 0 Å². The van der Waals surface area contributed by atoms with Crippen LogP contribution in [0.15, 0.2) is 29.8 Å². The molecule has 0 aromatic heterocycles. The van der Waals surface area contributed by atoms with E-state index in [0.717, 1.165) is 12.1 Å². The van der Waals surface area contributed by atoms with Gasteiger partial charge in [-0.1, -0.05) is 24.2 Å². The predicted octanol–water partition coefficient (Wildman–Crippen LogP) is 2.81. The summed E-state index contributed by atoms with van der Waals surface area (Å²) in [4.78, 5) is 0. The van der Waals surface area contributed by atoms with Crippen LogP contribution in [-0.2, 0) is 6.54 Å². The average molecular weight is 218 g/mol. The smallest absolute Gasteiger partial charge is 0.159 e. The lowest BCUT2D eigenvalue weighted by Gasteiger charge is -2.03. The predicted molar refractivity (Wildman–Crippen MR) is 53.1 cm³/mol. The zero-order valence-corrected chi connectivity index (χ0v) is 8.24. The molecule has 1 N–H and O–H groups in total. The van der Waals surface area contributed by atoms with Crippen LogP contribution in [0.25, 0.3) is 0 Å². The van der Waals surface area contributed by atoms with Crippen LogP contribution < -0.4 is 5.32 Å². The van der Waals surface area contributed by atoms with Crippen LogP contribution in [-0.4, -0.2) is 6.54 Å². The van der Waals surface area contributed by atoms with Gasteiger partial charge >= 0.3 is 0 Å². The first-order chi connectivity index (χ1) is 6.59. The molecule has 4 heteroatoms. The molecule has 76 valence electrons. The highest BCUT2D eigenvalue weighted by Crippen LogP contribution is 2.08. The Morgan fingerprint density at radius 2 is 2.07 bits per heavy atom. The van der Waals surface area contributed by atoms with Gasteiger partial charge < -0.3 is 5.32 Å². The van der Waals surface area contributed by atoms with Crippen LogP contribution in [0.1, 0.15) is 5.56 Å². The van der Waals surface area contributed by atoms with E-state index < -0.39 is 11.6 Å². The fourth-order valence-electron chi connectivity index (χ4n) is 0.992. The lowest BCUT2D eigenvalue weighted by atomic mass is 10.2. The van der Waals surface area contributed by atoms with Crippen molar-refractivity contribution in [2.75, 3.05) is 6.54 Å². The van der Waals surface area contributed by atoms with Crippen LogP contribution in [0.4, 0.5) is 8.78 Å². The molecule has 1 nitrogen and oxygen atoms in total. The highest BCUT2D eigenvalue weighted by atomic mass is 35.5. The molecule has 0 aliphatic rings. The fourth-order valence-corrected chi connectivity index (χ4v) is 1.09. The van der Waals surface area contributed by atoms with E-state index in [1.54, 1.807) is 0 Å². The van der Waals surface area contributed by atoms with Crippen LogP contribution in [0.3, 0.4) is 0 Å². The van der Waals surface area contributed by atoms with Gasteiger partial charge in [-0.15, -0.1) is 0 Å². The Labute approximate surface area is 86.4 Å². The third-order valence-corrected chi connectivity index (χ3v) is 1.76. The summed E-state index contributed by atoms with van der Waals surface area (Å²) in [7, 11) is 0. The number of hydrogen-bond acceptors (Lipinski definition) is 1. The van der Waals surface area contributed by atoms with Gasteiger partial charge in [0.1, 0.15) is 0 Å². The van der Waals surface area contributed by atoms with Crippen molar-refractivity contribution in [2.24, 2.45) is 0 Å². The van der Waals surface area contributed by atoms with E-state index in [1.807, 2.05) is 0 Å². The minimum atomic E-state index is -0.839. The number of hydrogen-bond donors (Lipinski definition) is 1. The van der Waals surface area contributed by atoms with Gasteiger partial charge in [0.25, 0.3) is 0 Å². The number of benzene rings is 1. The third-order valence-electron chi connectivity index (χ3n) is 1.63. The van der Waals surface area contributed by atoms with Crippen molar-refractivity contribution in [3.05, 3.63) is 47.0 Å². The highest BCUT2D eigenvalue weighted by molar-refractivity contribution is 6.29. The Kier molecular flexibility index (Phi) is 4.04. The topological polar surface area (TPSA) is 12.0 Å². The summed E-state index contributed by atoms with van der Waals surface area (Å²) in [6, 6.07) is 3.77. The molecule has 0 aliphatic carbocycles. The fraction of sp³-hybridized carbons (Fsp3) is 0.200. The minimum absolute atomic E-state index is 0.433. The van der Waals surface area contributed by atoms with Gasteiger partial charge in [0.05, 0.1) is 0 Å². The average Bonchev–Trinajstić information content (AvgIpc) is 2.10. The second kappa shape index (κ2) is 5.08. The van der Waals surface area contributed by atoms with E-state index in [0.29, 0.717) is 23.7 Å². The first kappa shape index (κ1) is 11.1. The summed E-state index contributed by atoms with van der Waals surface area (Å²) < 4.78 is 25.2. The maximum atomic E-state index is 12.7. The van der Waals surface area contributed by atoms with Gasteiger partial charge in [0.15, 0.2) is 11.6 Å². The van der Waals surface area contributed by atoms with Gasteiger partial charge in [-0.2, -0.15) is 0 Å². The monoisotopic (exact) mass is 217 g/mol.